The van der Waals surface area contributed by atoms with Crippen molar-refractivity contribution >= 4 is 11.4 Å². The predicted octanol–water partition coefficient (Wildman–Crippen LogP) is 20.7. The van der Waals surface area contributed by atoms with Crippen LogP contribution in [0.25, 0.3) is 16.9 Å². The summed E-state index contributed by atoms with van der Waals surface area (Å²) in [5.41, 5.74) is 23.2. The summed E-state index contributed by atoms with van der Waals surface area (Å²) in [7, 11) is 0. The zero-order valence-electron chi connectivity index (χ0n) is 43.4. The average Bonchev–Trinajstić information content (AvgIpc) is 3.62. The first-order valence-electron chi connectivity index (χ1n) is 27.3. The molecule has 0 radical (unpaired) electrons. The maximum Gasteiger partial charge on any atom is 2.00 e. The molecular weight excluding hydrogens is 819 g/mol. The molecule has 1 aliphatic rings. The van der Waals surface area contributed by atoms with Gasteiger partial charge in [0.25, 0.3) is 0 Å². The number of allylic oxidation sites excluding steroid dienone is 4. The van der Waals surface area contributed by atoms with Gasteiger partial charge >= 0.3 is 16.5 Å². The van der Waals surface area contributed by atoms with Gasteiger partial charge in [-0.15, -0.1) is 0 Å². The first kappa shape index (κ1) is 61.8. The second-order valence-electron chi connectivity index (χ2n) is 18.7. The zero-order valence-corrected chi connectivity index (χ0v) is 44.4. The Morgan fingerprint density at radius 2 is 0.734 bits per heavy atom. The molecular formula is C61H102N2Ni. The molecule has 366 valence electrons. The van der Waals surface area contributed by atoms with Gasteiger partial charge in [-0.1, -0.05) is 214 Å². The van der Waals surface area contributed by atoms with Gasteiger partial charge in [0.2, 0.25) is 11.4 Å². The molecule has 0 saturated heterocycles. The minimum Gasteiger partial charge on any atom is -0.493 e. The molecule has 0 N–H and O–H groups in total. The quantitative estimate of drug-likeness (QED) is 0.0285. The molecule has 2 aromatic carbocycles. The fourth-order valence-electron chi connectivity index (χ4n) is 8.65. The van der Waals surface area contributed by atoms with E-state index < -0.39 is 0 Å². The molecule has 1 aliphatic heterocycles. The van der Waals surface area contributed by atoms with Gasteiger partial charge in [-0.3, -0.25) is 0 Å². The first-order chi connectivity index (χ1) is 30.9. The second kappa shape index (κ2) is 43.3. The number of hydrogen-bond donors (Lipinski definition) is 0. The summed E-state index contributed by atoms with van der Waals surface area (Å²) in [5, 5.41) is 0. The monoisotopic (exact) mass is 921 g/mol. The second-order valence-corrected chi connectivity index (χ2v) is 18.7. The third-order valence-corrected chi connectivity index (χ3v) is 12.2. The summed E-state index contributed by atoms with van der Waals surface area (Å²) in [6.07, 6.45) is 50.4. The molecule has 0 fully saturated rings. The first-order valence-corrected chi connectivity index (χ1v) is 27.3. The summed E-state index contributed by atoms with van der Waals surface area (Å²) < 4.78 is 1.55. The molecule has 2 nitrogen and oxygen atoms in total. The fraction of sp³-hybridized carbons (Fsp3) is 0.672. The number of aryl methyl sites for hydroxylation is 4. The van der Waals surface area contributed by atoms with Crippen molar-refractivity contribution in [2.24, 2.45) is 0 Å². The Labute approximate surface area is 410 Å². The molecule has 2 aromatic rings. The molecule has 0 unspecified atom stereocenters. The molecule has 0 aliphatic carbocycles. The van der Waals surface area contributed by atoms with E-state index in [0.717, 1.165) is 73.0 Å². The largest absolute Gasteiger partial charge is 2.00 e. The fourth-order valence-corrected chi connectivity index (χ4v) is 8.65. The summed E-state index contributed by atoms with van der Waals surface area (Å²) in [4.78, 5) is 0. The van der Waals surface area contributed by atoms with E-state index in [1.807, 2.05) is 13.8 Å². The van der Waals surface area contributed by atoms with E-state index in [1.54, 1.807) is 4.70 Å². The summed E-state index contributed by atoms with van der Waals surface area (Å²) in [5.74, 6) is 0. The minimum absolute atomic E-state index is 0. The van der Waals surface area contributed by atoms with Crippen LogP contribution in [0.3, 0.4) is 0 Å². The number of nitrogens with zero attached hydrogens (tertiary/aromatic N) is 2. The van der Waals surface area contributed by atoms with Crippen molar-refractivity contribution < 1.29 is 21.2 Å². The van der Waals surface area contributed by atoms with Gasteiger partial charge in [-0.2, -0.15) is 12.8 Å². The molecule has 3 rings (SSSR count). The molecule has 0 saturated carbocycles. The van der Waals surface area contributed by atoms with Gasteiger partial charge in [0, 0.05) is 17.2 Å². The van der Waals surface area contributed by atoms with Crippen LogP contribution in [0.4, 0.5) is 0 Å². The molecule has 0 spiro atoms. The van der Waals surface area contributed by atoms with Crippen LogP contribution in [0.15, 0.2) is 60.2 Å². The van der Waals surface area contributed by atoms with Crippen molar-refractivity contribution in [1.29, 1.82) is 0 Å². The number of rotatable bonds is 35. The smallest absolute Gasteiger partial charge is 0.493 e. The average molecular weight is 922 g/mol. The van der Waals surface area contributed by atoms with Crippen molar-refractivity contribution in [3.63, 3.8) is 0 Å². The number of hydrogen-bond acceptors (Lipinski definition) is 0. The summed E-state index contributed by atoms with van der Waals surface area (Å²) in [6.45, 7) is 22.5. The Hall–Kier alpha value is -2.25. The van der Waals surface area contributed by atoms with E-state index in [9.17, 15) is 5.53 Å². The van der Waals surface area contributed by atoms with Crippen LogP contribution in [0, 0.1) is 13.8 Å². The van der Waals surface area contributed by atoms with Crippen molar-refractivity contribution in [2.75, 3.05) is 0 Å². The van der Waals surface area contributed by atoms with Crippen LogP contribution in [0.1, 0.15) is 274 Å². The molecule has 0 amide bonds. The summed E-state index contributed by atoms with van der Waals surface area (Å²) >= 11 is 0. The van der Waals surface area contributed by atoms with Crippen LogP contribution < -0.4 is 0 Å². The van der Waals surface area contributed by atoms with Crippen LogP contribution in [0.5, 0.6) is 0 Å². The minimum atomic E-state index is 0. The van der Waals surface area contributed by atoms with Crippen LogP contribution in [0.2, 0.25) is 0 Å². The third-order valence-electron chi connectivity index (χ3n) is 12.2. The van der Waals surface area contributed by atoms with Gasteiger partial charge in [0.15, 0.2) is 0 Å². The zero-order chi connectivity index (χ0) is 46.2. The Morgan fingerprint density at radius 3 is 1.11 bits per heavy atom. The summed E-state index contributed by atoms with van der Waals surface area (Å²) in [6, 6.07) is 14.4. The Balaban J connectivity index is 0.00000535. The van der Waals surface area contributed by atoms with Crippen LogP contribution >= 0.6 is 0 Å². The molecule has 3 heteroatoms. The standard InChI is InChI=1S/C55H88N2.2C3H7.Ni/c1-6-11-16-19-20-21-22-23-24-25-26-27-28-29-30-31-34-39-51-46-54(52-42-47(35-14-9-4)40-49(43-52)37-32-17-12-7-2)57(56)55(51)53-44-48(36-15-10-5)41-50(45-53)38-33-18-13-8-3;2*1-3-2;/h34,39-46H,6-33,35-38H2,1-5H3;2*1,3H2,2H3;/q;2*-1;+2. The van der Waals surface area contributed by atoms with Crippen LogP contribution in [-0.4, -0.2) is 4.70 Å². The van der Waals surface area contributed by atoms with Gasteiger partial charge in [0.1, 0.15) is 0 Å². The van der Waals surface area contributed by atoms with Gasteiger partial charge < -0.3 is 19.4 Å². The van der Waals surface area contributed by atoms with E-state index >= 15 is 0 Å². The predicted molar refractivity (Wildman–Crippen MR) is 284 cm³/mol. The topological polar surface area (TPSA) is 25.3 Å². The van der Waals surface area contributed by atoms with Gasteiger partial charge in [-0.25, -0.2) is 4.70 Å². The Morgan fingerprint density at radius 1 is 0.422 bits per heavy atom. The van der Waals surface area contributed by atoms with Gasteiger partial charge in [-0.05, 0) is 111 Å². The molecule has 64 heavy (non-hydrogen) atoms. The Bertz CT molecular complexity index is 1510. The molecule has 0 aromatic heterocycles. The van der Waals surface area contributed by atoms with Crippen LogP contribution in [-0.2, 0) is 42.2 Å². The van der Waals surface area contributed by atoms with Crippen molar-refractivity contribution in [1.82, 2.24) is 0 Å². The molecule has 1 heterocycles. The number of unbranched alkanes of at least 4 members (excludes halogenated alkanes) is 23. The van der Waals surface area contributed by atoms with E-state index in [2.05, 4.69) is 103 Å². The van der Waals surface area contributed by atoms with E-state index in [1.165, 1.54) is 196 Å². The van der Waals surface area contributed by atoms with Crippen molar-refractivity contribution in [3.8, 4) is 0 Å². The Kier molecular flexibility index (Phi) is 41.8. The van der Waals surface area contributed by atoms with Crippen molar-refractivity contribution in [3.05, 3.63) is 113 Å². The normalized spacial score (nSPS) is 12.3. The van der Waals surface area contributed by atoms with E-state index in [0.29, 0.717) is 0 Å². The molecule has 0 atom stereocenters. The maximum absolute atomic E-state index is 12.3. The van der Waals surface area contributed by atoms with E-state index in [-0.39, 0.29) is 16.5 Å². The maximum atomic E-state index is 12.3. The van der Waals surface area contributed by atoms with E-state index in [4.69, 9.17) is 0 Å². The SMILES string of the molecule is CCCCCCCCCCCCCCCCCC=CC1=C(c2cc(CCCC)cc(CCCCCC)c2)[N+](=[N-])C(c2cc(CCCC)cc(CCCCCC)c2)=C1.[CH2-]CC.[CH2-]CC.[Ni+2]. The third kappa shape index (κ3) is 28.7. The van der Waals surface area contributed by atoms with Crippen molar-refractivity contribution in [2.45, 2.75) is 267 Å². The number of benzene rings is 2. The molecule has 0 bridgehead atoms. The van der Waals surface area contributed by atoms with Gasteiger partial charge in [0.05, 0.1) is 5.57 Å².